The summed E-state index contributed by atoms with van der Waals surface area (Å²) in [6, 6.07) is 0. The van der Waals surface area contributed by atoms with Gasteiger partial charge >= 0.3 is 76.3 Å². The van der Waals surface area contributed by atoms with Crippen molar-refractivity contribution >= 4 is 15.0 Å². The maximum atomic E-state index is 3.86. The summed E-state index contributed by atoms with van der Waals surface area (Å²) in [6.07, 6.45) is 10.7. The molecule has 1 aliphatic rings. The van der Waals surface area contributed by atoms with Gasteiger partial charge in [-0.1, -0.05) is 0 Å². The summed E-state index contributed by atoms with van der Waals surface area (Å²) in [6.45, 7) is 3.86. The van der Waals surface area contributed by atoms with Gasteiger partial charge in [0.2, 0.25) is 0 Å². The van der Waals surface area contributed by atoms with Crippen molar-refractivity contribution in [3.05, 3.63) is 12.7 Å². The Morgan fingerprint density at radius 1 is 1.36 bits per heavy atom. The Balaban J connectivity index is 2.49. The van der Waals surface area contributed by atoms with E-state index < -0.39 is 0 Å². The summed E-state index contributed by atoms with van der Waals surface area (Å²) in [5, 5.41) is 0. The molecule has 0 N–H and O–H groups in total. The topological polar surface area (TPSA) is 0 Å². The van der Waals surface area contributed by atoms with E-state index in [2.05, 4.69) is 18.5 Å². The van der Waals surface area contributed by atoms with Gasteiger partial charge in [0.05, 0.1) is 0 Å². The van der Waals surface area contributed by atoms with E-state index in [-0.39, 0.29) is 0 Å². The van der Waals surface area contributed by atoms with Gasteiger partial charge in [-0.15, -0.1) is 0 Å². The van der Waals surface area contributed by atoms with Crippen LogP contribution in [0.5, 0.6) is 0 Å². The van der Waals surface area contributed by atoms with Gasteiger partial charge in [-0.3, -0.25) is 0 Å². The zero-order valence-electron chi connectivity index (χ0n) is 7.44. The van der Waals surface area contributed by atoms with E-state index in [4.69, 9.17) is 0 Å². The fourth-order valence-corrected chi connectivity index (χ4v) is 4.01. The van der Waals surface area contributed by atoms with Gasteiger partial charge in [-0.05, 0) is 0 Å². The summed E-state index contributed by atoms with van der Waals surface area (Å²) in [5.74, 6) is 2.39. The Morgan fingerprint density at radius 2 is 2.00 bits per heavy atom. The number of allylic oxidation sites excluding steroid dienone is 1. The van der Waals surface area contributed by atoms with Gasteiger partial charge in [-0.2, -0.15) is 0 Å². The van der Waals surface area contributed by atoms with Gasteiger partial charge in [-0.25, -0.2) is 0 Å². The molecule has 0 unspecified atom stereocenters. The van der Waals surface area contributed by atoms with E-state index in [1.165, 1.54) is 38.5 Å². The molecule has 0 nitrogen and oxygen atoms in total. The van der Waals surface area contributed by atoms with Crippen molar-refractivity contribution in [2.75, 3.05) is 0 Å². The zero-order chi connectivity index (χ0) is 8.16. The number of hydrogen-bond donors (Lipinski definition) is 0. The van der Waals surface area contributed by atoms with Crippen molar-refractivity contribution in [1.82, 2.24) is 0 Å². The van der Waals surface area contributed by atoms with E-state index in [0.29, 0.717) is 4.31 Å². The monoisotopic (exact) mass is 218 g/mol. The quantitative estimate of drug-likeness (QED) is 0.501. The minimum atomic E-state index is 0.715. The molecular weight excluding hydrogens is 199 g/mol. The first-order chi connectivity index (χ1) is 5.33. The number of rotatable bonds is 3. The SMILES string of the molecule is C=CCC1([Se]C)CCCCC1. The van der Waals surface area contributed by atoms with Crippen LogP contribution in [0.2, 0.25) is 10.1 Å². The van der Waals surface area contributed by atoms with Crippen LogP contribution in [0.25, 0.3) is 0 Å². The molecule has 0 aromatic carbocycles. The fraction of sp³-hybridized carbons (Fsp3) is 0.800. The van der Waals surface area contributed by atoms with Crippen molar-refractivity contribution in [2.24, 2.45) is 0 Å². The molecule has 0 saturated heterocycles. The number of hydrogen-bond acceptors (Lipinski definition) is 0. The molecule has 64 valence electrons. The van der Waals surface area contributed by atoms with Crippen molar-refractivity contribution in [3.8, 4) is 0 Å². The molecule has 0 aromatic heterocycles. The average molecular weight is 217 g/mol. The second kappa shape index (κ2) is 4.33. The van der Waals surface area contributed by atoms with Crippen LogP contribution in [0.4, 0.5) is 0 Å². The molecule has 1 fully saturated rings. The molecule has 1 saturated carbocycles. The third-order valence-corrected chi connectivity index (χ3v) is 5.74. The minimum absolute atomic E-state index is 0.715. The Morgan fingerprint density at radius 3 is 2.45 bits per heavy atom. The predicted octanol–water partition coefficient (Wildman–Crippen LogP) is 3.44. The molecule has 1 heteroatoms. The van der Waals surface area contributed by atoms with Crippen LogP contribution >= 0.6 is 0 Å². The van der Waals surface area contributed by atoms with Crippen molar-refractivity contribution in [1.29, 1.82) is 0 Å². The van der Waals surface area contributed by atoms with Crippen molar-refractivity contribution in [2.45, 2.75) is 48.7 Å². The normalized spacial score (nSPS) is 23.0. The molecule has 0 atom stereocenters. The third kappa shape index (κ3) is 2.35. The van der Waals surface area contributed by atoms with E-state index in [1.54, 1.807) is 0 Å². The Labute approximate surface area is 76.6 Å². The third-order valence-electron chi connectivity index (χ3n) is 2.71. The van der Waals surface area contributed by atoms with Crippen LogP contribution in [0.3, 0.4) is 0 Å². The van der Waals surface area contributed by atoms with E-state index in [0.717, 1.165) is 15.0 Å². The maximum absolute atomic E-state index is 3.86. The molecule has 1 rings (SSSR count). The summed E-state index contributed by atoms with van der Waals surface area (Å²) >= 11 is 0.821. The molecule has 0 radical (unpaired) electrons. The Bertz CT molecular complexity index is 123. The van der Waals surface area contributed by atoms with E-state index in [9.17, 15) is 0 Å². The van der Waals surface area contributed by atoms with Crippen LogP contribution in [0, 0.1) is 0 Å². The first-order valence-corrected chi connectivity index (χ1v) is 7.06. The second-order valence-corrected chi connectivity index (χ2v) is 6.11. The fourth-order valence-electron chi connectivity index (χ4n) is 1.95. The van der Waals surface area contributed by atoms with Crippen LogP contribution in [-0.4, -0.2) is 15.0 Å². The van der Waals surface area contributed by atoms with Crippen LogP contribution in [0.1, 0.15) is 38.5 Å². The first-order valence-electron chi connectivity index (χ1n) is 4.49. The van der Waals surface area contributed by atoms with Gasteiger partial charge in [0.1, 0.15) is 0 Å². The molecule has 0 bridgehead atoms. The van der Waals surface area contributed by atoms with Gasteiger partial charge in [0, 0.05) is 0 Å². The van der Waals surface area contributed by atoms with Crippen LogP contribution < -0.4 is 0 Å². The van der Waals surface area contributed by atoms with Crippen molar-refractivity contribution in [3.63, 3.8) is 0 Å². The molecule has 0 aromatic rings. The van der Waals surface area contributed by atoms with Gasteiger partial charge < -0.3 is 0 Å². The molecular formula is C10H18Se. The molecule has 0 aliphatic heterocycles. The van der Waals surface area contributed by atoms with Crippen molar-refractivity contribution < 1.29 is 0 Å². The predicted molar refractivity (Wildman–Crippen MR) is 52.2 cm³/mol. The molecule has 11 heavy (non-hydrogen) atoms. The zero-order valence-corrected chi connectivity index (χ0v) is 9.15. The van der Waals surface area contributed by atoms with E-state index in [1.807, 2.05) is 0 Å². The summed E-state index contributed by atoms with van der Waals surface area (Å²) in [5.41, 5.74) is 0. The Kier molecular flexibility index (Phi) is 3.68. The summed E-state index contributed by atoms with van der Waals surface area (Å²) in [7, 11) is 0. The summed E-state index contributed by atoms with van der Waals surface area (Å²) in [4.78, 5) is 0. The molecule has 1 aliphatic carbocycles. The van der Waals surface area contributed by atoms with Crippen LogP contribution in [-0.2, 0) is 0 Å². The standard InChI is InChI=1S/C10H18Se/c1-3-7-10(11-2)8-5-4-6-9-10/h3H,1,4-9H2,2H3. The van der Waals surface area contributed by atoms with E-state index >= 15 is 0 Å². The Hall–Kier alpha value is 0.259. The molecule has 0 amide bonds. The second-order valence-electron chi connectivity index (χ2n) is 3.44. The molecule has 0 spiro atoms. The van der Waals surface area contributed by atoms with Crippen LogP contribution in [0.15, 0.2) is 12.7 Å². The summed E-state index contributed by atoms with van der Waals surface area (Å²) < 4.78 is 0.715. The first kappa shape index (κ1) is 9.35. The van der Waals surface area contributed by atoms with Gasteiger partial charge in [0.25, 0.3) is 0 Å². The van der Waals surface area contributed by atoms with Gasteiger partial charge in [0.15, 0.2) is 0 Å². The molecule has 0 heterocycles. The average Bonchev–Trinajstić information content (AvgIpc) is 2.07.